The van der Waals surface area contributed by atoms with Gasteiger partial charge in [-0.1, -0.05) is 6.07 Å². The molecule has 0 unspecified atom stereocenters. The van der Waals surface area contributed by atoms with Gasteiger partial charge >= 0.3 is 12.1 Å². The normalized spacial score (nSPS) is 12.3. The summed E-state index contributed by atoms with van der Waals surface area (Å²) in [5.41, 5.74) is -0.0696. The van der Waals surface area contributed by atoms with E-state index in [9.17, 15) is 24.6 Å². The highest BCUT2D eigenvalue weighted by Gasteiger charge is 2.20. The topological polar surface area (TPSA) is 134 Å². The number of hydrogen-bond donors (Lipinski definition) is 4. The molecule has 0 spiro atoms. The number of aromatic hydroxyl groups is 2. The number of ether oxygens (including phenoxy) is 2. The molecule has 0 saturated carbocycles. The van der Waals surface area contributed by atoms with Crippen molar-refractivity contribution < 1.29 is 34.1 Å². The number of phenols is 2. The Kier molecular flexibility index (Phi) is 9.67. The van der Waals surface area contributed by atoms with Crippen LogP contribution in [-0.2, 0) is 19.1 Å². The van der Waals surface area contributed by atoms with Gasteiger partial charge in [-0.2, -0.15) is 0 Å². The second kappa shape index (κ2) is 11.7. The fraction of sp³-hybridized carbons (Fsp3) is 0.476. The van der Waals surface area contributed by atoms with Crippen LogP contribution in [0.5, 0.6) is 11.5 Å². The minimum Gasteiger partial charge on any atom is -0.504 e. The maximum Gasteiger partial charge on any atom is 0.407 e. The van der Waals surface area contributed by atoms with Crippen LogP contribution in [0.1, 0.15) is 45.6 Å². The Hall–Kier alpha value is -3.23. The molecule has 0 aliphatic heterocycles. The summed E-state index contributed by atoms with van der Waals surface area (Å²) in [5, 5.41) is 24.0. The van der Waals surface area contributed by atoms with Gasteiger partial charge in [-0.25, -0.2) is 9.59 Å². The van der Waals surface area contributed by atoms with Gasteiger partial charge in [0.2, 0.25) is 5.91 Å². The summed E-state index contributed by atoms with van der Waals surface area (Å²) in [7, 11) is 1.24. The van der Waals surface area contributed by atoms with Crippen molar-refractivity contribution in [1.82, 2.24) is 10.6 Å². The molecule has 1 aromatic rings. The van der Waals surface area contributed by atoms with Crippen LogP contribution in [0.3, 0.4) is 0 Å². The number of amides is 2. The van der Waals surface area contributed by atoms with Gasteiger partial charge in [-0.3, -0.25) is 4.79 Å². The molecule has 0 radical (unpaired) electrons. The third kappa shape index (κ3) is 9.81. The van der Waals surface area contributed by atoms with Gasteiger partial charge in [-0.05, 0) is 63.8 Å². The maximum absolute atomic E-state index is 12.1. The van der Waals surface area contributed by atoms with E-state index in [0.717, 1.165) is 0 Å². The average molecular weight is 422 g/mol. The van der Waals surface area contributed by atoms with Crippen LogP contribution in [0.15, 0.2) is 24.3 Å². The summed E-state index contributed by atoms with van der Waals surface area (Å²) in [4.78, 5) is 35.6. The number of methoxy groups -OCH3 is 1. The molecule has 2 amide bonds. The molecule has 0 aromatic heterocycles. The number of carbonyl (C=O) groups excluding carboxylic acids is 3. The number of alkyl carbamates (subject to hydrolysis) is 1. The monoisotopic (exact) mass is 422 g/mol. The molecule has 0 aliphatic rings. The lowest BCUT2D eigenvalue weighted by molar-refractivity contribution is -0.144. The molecule has 0 bridgehead atoms. The molecule has 0 heterocycles. The summed E-state index contributed by atoms with van der Waals surface area (Å²) in [5.74, 6) is -1.64. The predicted octanol–water partition coefficient (Wildman–Crippen LogP) is 2.46. The number of benzene rings is 1. The predicted molar refractivity (Wildman–Crippen MR) is 111 cm³/mol. The first kappa shape index (κ1) is 24.8. The van der Waals surface area contributed by atoms with Crippen LogP contribution >= 0.6 is 0 Å². The van der Waals surface area contributed by atoms with Crippen molar-refractivity contribution in [3.8, 4) is 11.5 Å². The quantitative estimate of drug-likeness (QED) is 0.208. The molecule has 0 saturated heterocycles. The van der Waals surface area contributed by atoms with Gasteiger partial charge in [-0.15, -0.1) is 0 Å². The fourth-order valence-corrected chi connectivity index (χ4v) is 2.41. The van der Waals surface area contributed by atoms with E-state index in [-0.39, 0.29) is 11.5 Å². The highest BCUT2D eigenvalue weighted by atomic mass is 16.6. The van der Waals surface area contributed by atoms with Crippen molar-refractivity contribution in [1.29, 1.82) is 0 Å². The van der Waals surface area contributed by atoms with Gasteiger partial charge in [0.1, 0.15) is 11.6 Å². The highest BCUT2D eigenvalue weighted by molar-refractivity contribution is 5.94. The zero-order valence-corrected chi connectivity index (χ0v) is 17.7. The van der Waals surface area contributed by atoms with E-state index >= 15 is 0 Å². The van der Waals surface area contributed by atoms with Crippen LogP contribution < -0.4 is 10.6 Å². The molecular weight excluding hydrogens is 392 g/mol. The van der Waals surface area contributed by atoms with Crippen molar-refractivity contribution in [2.75, 3.05) is 13.7 Å². The van der Waals surface area contributed by atoms with Gasteiger partial charge in [0, 0.05) is 12.6 Å². The Morgan fingerprint density at radius 2 is 1.83 bits per heavy atom. The van der Waals surface area contributed by atoms with Crippen LogP contribution in [0.4, 0.5) is 4.79 Å². The molecule has 1 rings (SSSR count). The largest absolute Gasteiger partial charge is 0.504 e. The first-order chi connectivity index (χ1) is 14.0. The van der Waals surface area contributed by atoms with E-state index in [1.54, 1.807) is 20.8 Å². The molecule has 4 N–H and O–H groups in total. The Bertz CT molecular complexity index is 769. The number of nitrogens with one attached hydrogen (secondary N) is 2. The maximum atomic E-state index is 12.1. The summed E-state index contributed by atoms with van der Waals surface area (Å²) >= 11 is 0. The van der Waals surface area contributed by atoms with E-state index in [1.165, 1.54) is 37.5 Å². The van der Waals surface area contributed by atoms with E-state index in [1.807, 2.05) is 0 Å². The van der Waals surface area contributed by atoms with E-state index < -0.39 is 29.6 Å². The van der Waals surface area contributed by atoms with Gasteiger partial charge in [0.05, 0.1) is 7.11 Å². The van der Waals surface area contributed by atoms with Crippen molar-refractivity contribution in [2.24, 2.45) is 0 Å². The van der Waals surface area contributed by atoms with Crippen molar-refractivity contribution in [2.45, 2.75) is 51.7 Å². The lowest BCUT2D eigenvalue weighted by atomic mass is 10.1. The van der Waals surface area contributed by atoms with Crippen LogP contribution in [0.25, 0.3) is 6.08 Å². The number of phenolic OH excluding ortho intramolecular Hbond substituents is 2. The van der Waals surface area contributed by atoms with E-state index in [0.29, 0.717) is 31.4 Å². The fourth-order valence-electron chi connectivity index (χ4n) is 2.41. The second-order valence-corrected chi connectivity index (χ2v) is 7.59. The first-order valence-electron chi connectivity index (χ1n) is 9.57. The zero-order valence-electron chi connectivity index (χ0n) is 17.7. The number of rotatable bonds is 9. The zero-order chi connectivity index (χ0) is 22.7. The summed E-state index contributed by atoms with van der Waals surface area (Å²) in [6.45, 7) is 5.69. The van der Waals surface area contributed by atoms with Crippen LogP contribution in [-0.4, -0.2) is 53.5 Å². The molecule has 9 nitrogen and oxygen atoms in total. The van der Waals surface area contributed by atoms with E-state index in [2.05, 4.69) is 10.6 Å². The summed E-state index contributed by atoms with van der Waals surface area (Å²) in [6.07, 6.45) is 3.63. The SMILES string of the molecule is COC(=O)[C@H](CCCCNC(=O)OC(C)(C)C)NC(=O)/C=C/c1ccc(O)c(O)c1. The number of hydrogen-bond acceptors (Lipinski definition) is 7. The standard InChI is InChI=1S/C21H30N2O7/c1-21(2,3)30-20(28)22-12-6-5-7-15(19(27)29-4)23-18(26)11-9-14-8-10-16(24)17(25)13-14/h8-11,13,15,24-25H,5-7,12H2,1-4H3,(H,22,28)(H,23,26)/b11-9+/t15-/m0/s1. The molecule has 0 aliphatic carbocycles. The molecule has 1 atom stereocenters. The van der Waals surface area contributed by atoms with Crippen molar-refractivity contribution in [3.63, 3.8) is 0 Å². The number of carbonyl (C=O) groups is 3. The minimum absolute atomic E-state index is 0.261. The molecular formula is C21H30N2O7. The second-order valence-electron chi connectivity index (χ2n) is 7.59. The lowest BCUT2D eigenvalue weighted by Crippen LogP contribution is -2.40. The average Bonchev–Trinajstić information content (AvgIpc) is 2.65. The highest BCUT2D eigenvalue weighted by Crippen LogP contribution is 2.25. The van der Waals surface area contributed by atoms with Crippen molar-refractivity contribution >= 4 is 24.0 Å². The smallest absolute Gasteiger partial charge is 0.407 e. The Balaban J connectivity index is 2.48. The minimum atomic E-state index is -0.832. The van der Waals surface area contributed by atoms with Crippen LogP contribution in [0.2, 0.25) is 0 Å². The number of unbranched alkanes of at least 4 members (excludes halogenated alkanes) is 1. The van der Waals surface area contributed by atoms with Crippen molar-refractivity contribution in [3.05, 3.63) is 29.8 Å². The molecule has 0 fully saturated rings. The summed E-state index contributed by atoms with van der Waals surface area (Å²) < 4.78 is 9.86. The Morgan fingerprint density at radius 3 is 2.43 bits per heavy atom. The van der Waals surface area contributed by atoms with Crippen LogP contribution in [0, 0.1) is 0 Å². The third-order valence-corrected chi connectivity index (χ3v) is 3.82. The molecule has 30 heavy (non-hydrogen) atoms. The third-order valence-electron chi connectivity index (χ3n) is 3.82. The van der Waals surface area contributed by atoms with Gasteiger partial charge in [0.15, 0.2) is 11.5 Å². The Morgan fingerprint density at radius 1 is 1.13 bits per heavy atom. The first-order valence-corrected chi connectivity index (χ1v) is 9.57. The van der Waals surface area contributed by atoms with Gasteiger partial charge in [0.25, 0.3) is 0 Å². The van der Waals surface area contributed by atoms with E-state index in [4.69, 9.17) is 9.47 Å². The summed E-state index contributed by atoms with van der Waals surface area (Å²) in [6, 6.07) is 3.29. The van der Waals surface area contributed by atoms with Gasteiger partial charge < -0.3 is 30.3 Å². The molecule has 9 heteroatoms. The number of esters is 1. The lowest BCUT2D eigenvalue weighted by Gasteiger charge is -2.19. The molecule has 1 aromatic carbocycles. The molecule has 166 valence electrons. The Labute approximate surface area is 176 Å².